The zero-order chi connectivity index (χ0) is 12.6. The molecule has 1 saturated heterocycles. The lowest BCUT2D eigenvalue weighted by atomic mass is 10.0. The van der Waals surface area contributed by atoms with Crippen LogP contribution in [0.5, 0.6) is 0 Å². The number of fused-ring (bicyclic) bond motifs is 5. The number of hydrogen-bond donors (Lipinski definition) is 1. The Bertz CT molecular complexity index is 420. The Morgan fingerprint density at radius 1 is 1.11 bits per heavy atom. The monoisotopic (exact) mass is 248 g/mol. The highest BCUT2D eigenvalue weighted by molar-refractivity contribution is 5.97. The van der Waals surface area contributed by atoms with Gasteiger partial charge in [-0.25, -0.2) is 0 Å². The van der Waals surface area contributed by atoms with Gasteiger partial charge in [-0.15, -0.1) is 0 Å². The maximum absolute atomic E-state index is 12.3. The molecule has 6 unspecified atom stereocenters. The third-order valence-corrected chi connectivity index (χ3v) is 5.80. The number of carbonyl (C=O) groups excluding carboxylic acids is 2. The third kappa shape index (κ3) is 1.16. The number of nitrogens with zero attached hydrogens (tertiary/aromatic N) is 1. The van der Waals surface area contributed by atoms with Crippen LogP contribution in [0.25, 0.3) is 0 Å². The molecule has 3 saturated carbocycles. The molecule has 1 heterocycles. The van der Waals surface area contributed by atoms with Gasteiger partial charge in [0.1, 0.15) is 12.1 Å². The molecule has 0 aromatic rings. The van der Waals surface area contributed by atoms with Crippen molar-refractivity contribution in [3.63, 3.8) is 0 Å². The number of nitrogens with one attached hydrogen (secondary N) is 1. The largest absolute Gasteiger partial charge is 0.343 e. The topological polar surface area (TPSA) is 49.4 Å². The number of carbonyl (C=O) groups is 2. The quantitative estimate of drug-likeness (QED) is 0.745. The maximum Gasteiger partial charge on any atom is 0.245 e. The molecule has 18 heavy (non-hydrogen) atoms. The van der Waals surface area contributed by atoms with E-state index in [1.54, 1.807) is 6.92 Å². The molecule has 0 radical (unpaired) electrons. The molecule has 4 rings (SSSR count). The lowest BCUT2D eigenvalue weighted by Crippen LogP contribution is -2.62. The van der Waals surface area contributed by atoms with Crippen LogP contribution >= 0.6 is 0 Å². The van der Waals surface area contributed by atoms with Crippen LogP contribution < -0.4 is 5.32 Å². The minimum absolute atomic E-state index is 0.0134. The molecule has 1 N–H and O–H groups in total. The standard InChI is InChI=1S/C14H20N2O2/c1-6-14(18)16(7(2)13(17)15-6)12-10-8-3-4-9(5-8)11(10)12/h6-12H,3-5H2,1-2H3,(H,15,17). The number of rotatable bonds is 1. The first-order valence-corrected chi connectivity index (χ1v) is 7.22. The van der Waals surface area contributed by atoms with E-state index < -0.39 is 0 Å². The van der Waals surface area contributed by atoms with E-state index in [4.69, 9.17) is 0 Å². The van der Waals surface area contributed by atoms with Crippen LogP contribution in [-0.2, 0) is 9.59 Å². The highest BCUT2D eigenvalue weighted by Gasteiger charge is 2.68. The second-order valence-corrected chi connectivity index (χ2v) is 6.63. The van der Waals surface area contributed by atoms with Gasteiger partial charge in [0.15, 0.2) is 0 Å². The second kappa shape index (κ2) is 3.28. The maximum atomic E-state index is 12.3. The third-order valence-electron chi connectivity index (χ3n) is 5.80. The molecule has 0 aromatic heterocycles. The Hall–Kier alpha value is -1.06. The molecule has 3 aliphatic carbocycles. The summed E-state index contributed by atoms with van der Waals surface area (Å²) in [6.45, 7) is 3.67. The fraction of sp³-hybridized carbons (Fsp3) is 0.857. The van der Waals surface area contributed by atoms with Crippen molar-refractivity contribution in [3.8, 4) is 0 Å². The average molecular weight is 248 g/mol. The lowest BCUT2D eigenvalue weighted by Gasteiger charge is -2.37. The van der Waals surface area contributed by atoms with E-state index in [0.717, 1.165) is 11.8 Å². The fourth-order valence-corrected chi connectivity index (χ4v) is 4.99. The van der Waals surface area contributed by atoms with Crippen molar-refractivity contribution >= 4 is 11.8 Å². The molecule has 2 amide bonds. The zero-order valence-corrected chi connectivity index (χ0v) is 10.9. The summed E-state index contributed by atoms with van der Waals surface area (Å²) in [4.78, 5) is 26.1. The Kier molecular flexibility index (Phi) is 1.97. The molecule has 0 spiro atoms. The van der Waals surface area contributed by atoms with Crippen LogP contribution in [0, 0.1) is 23.7 Å². The van der Waals surface area contributed by atoms with Gasteiger partial charge in [0.05, 0.1) is 0 Å². The summed E-state index contributed by atoms with van der Waals surface area (Å²) in [6, 6.07) is -0.233. The predicted molar refractivity (Wildman–Crippen MR) is 65.5 cm³/mol. The van der Waals surface area contributed by atoms with Crippen molar-refractivity contribution in [2.24, 2.45) is 23.7 Å². The summed E-state index contributed by atoms with van der Waals surface area (Å²) in [5.41, 5.74) is 0. The van der Waals surface area contributed by atoms with Gasteiger partial charge >= 0.3 is 0 Å². The average Bonchev–Trinajstić information content (AvgIpc) is 2.77. The molecule has 6 atom stereocenters. The molecule has 4 aliphatic rings. The SMILES string of the molecule is CC1NC(=O)C(C)N(C2C3C4CCC(C4)C32)C1=O. The van der Waals surface area contributed by atoms with Gasteiger partial charge in [-0.1, -0.05) is 0 Å². The molecule has 4 fully saturated rings. The number of piperazine rings is 1. The number of amides is 2. The van der Waals surface area contributed by atoms with E-state index in [2.05, 4.69) is 5.32 Å². The van der Waals surface area contributed by atoms with Crippen LogP contribution in [0.3, 0.4) is 0 Å². The predicted octanol–water partition coefficient (Wildman–Crippen LogP) is 0.766. The first kappa shape index (κ1) is 10.8. The molecule has 98 valence electrons. The molecule has 4 heteroatoms. The van der Waals surface area contributed by atoms with E-state index in [9.17, 15) is 9.59 Å². The smallest absolute Gasteiger partial charge is 0.245 e. The van der Waals surface area contributed by atoms with Gasteiger partial charge in [0, 0.05) is 6.04 Å². The van der Waals surface area contributed by atoms with E-state index in [-0.39, 0.29) is 23.9 Å². The van der Waals surface area contributed by atoms with Gasteiger partial charge in [-0.3, -0.25) is 9.59 Å². The van der Waals surface area contributed by atoms with Gasteiger partial charge in [-0.05, 0) is 56.8 Å². The van der Waals surface area contributed by atoms with Crippen LogP contribution in [0.4, 0.5) is 0 Å². The summed E-state index contributed by atoms with van der Waals surface area (Å²) in [5, 5.41) is 2.77. The summed E-state index contributed by atoms with van der Waals surface area (Å²) in [7, 11) is 0. The Morgan fingerprint density at radius 2 is 1.72 bits per heavy atom. The van der Waals surface area contributed by atoms with Crippen molar-refractivity contribution in [1.82, 2.24) is 10.2 Å². The zero-order valence-electron chi connectivity index (χ0n) is 10.9. The Labute approximate surface area is 107 Å². The first-order valence-electron chi connectivity index (χ1n) is 7.22. The molecule has 0 aromatic carbocycles. The Morgan fingerprint density at radius 3 is 2.33 bits per heavy atom. The minimum atomic E-state index is -0.340. The van der Waals surface area contributed by atoms with Crippen molar-refractivity contribution in [2.75, 3.05) is 0 Å². The Balaban J connectivity index is 1.61. The summed E-state index contributed by atoms with van der Waals surface area (Å²) >= 11 is 0. The van der Waals surface area contributed by atoms with E-state index >= 15 is 0 Å². The molecular formula is C14H20N2O2. The summed E-state index contributed by atoms with van der Waals surface area (Å²) < 4.78 is 0. The van der Waals surface area contributed by atoms with Crippen molar-refractivity contribution in [1.29, 1.82) is 0 Å². The van der Waals surface area contributed by atoms with Gasteiger partial charge in [-0.2, -0.15) is 0 Å². The molecular weight excluding hydrogens is 228 g/mol. The van der Waals surface area contributed by atoms with Crippen LogP contribution in [0.15, 0.2) is 0 Å². The van der Waals surface area contributed by atoms with Crippen molar-refractivity contribution in [3.05, 3.63) is 0 Å². The van der Waals surface area contributed by atoms with Crippen LogP contribution in [0.2, 0.25) is 0 Å². The van der Waals surface area contributed by atoms with Gasteiger partial charge in [0.2, 0.25) is 11.8 Å². The van der Waals surface area contributed by atoms with Crippen LogP contribution in [-0.4, -0.2) is 34.8 Å². The van der Waals surface area contributed by atoms with Gasteiger partial charge < -0.3 is 10.2 Å². The molecule has 2 bridgehead atoms. The summed E-state index contributed by atoms with van der Waals surface area (Å²) in [5.74, 6) is 3.25. The first-order chi connectivity index (χ1) is 8.59. The number of hydrogen-bond acceptors (Lipinski definition) is 2. The van der Waals surface area contributed by atoms with Crippen molar-refractivity contribution < 1.29 is 9.59 Å². The second-order valence-electron chi connectivity index (χ2n) is 6.63. The highest BCUT2D eigenvalue weighted by Crippen LogP contribution is 2.67. The van der Waals surface area contributed by atoms with Crippen molar-refractivity contribution in [2.45, 2.75) is 51.2 Å². The van der Waals surface area contributed by atoms with E-state index in [0.29, 0.717) is 17.9 Å². The minimum Gasteiger partial charge on any atom is -0.343 e. The van der Waals surface area contributed by atoms with E-state index in [1.165, 1.54) is 19.3 Å². The highest BCUT2D eigenvalue weighted by atomic mass is 16.2. The molecule has 1 aliphatic heterocycles. The fourth-order valence-electron chi connectivity index (χ4n) is 4.99. The normalized spacial score (nSPS) is 53.4. The lowest BCUT2D eigenvalue weighted by molar-refractivity contribution is -0.149. The molecule has 4 nitrogen and oxygen atoms in total. The van der Waals surface area contributed by atoms with E-state index in [1.807, 2.05) is 11.8 Å². The van der Waals surface area contributed by atoms with Gasteiger partial charge in [0.25, 0.3) is 0 Å². The summed E-state index contributed by atoms with van der Waals surface area (Å²) in [6.07, 6.45) is 4.07. The van der Waals surface area contributed by atoms with Crippen LogP contribution in [0.1, 0.15) is 33.1 Å².